The van der Waals surface area contributed by atoms with Crippen molar-refractivity contribution in [1.29, 1.82) is 5.26 Å². The van der Waals surface area contributed by atoms with Gasteiger partial charge >= 0.3 is 0 Å². The Morgan fingerprint density at radius 3 is 2.53 bits per heavy atom. The Morgan fingerprint density at radius 2 is 2.11 bits per heavy atom. The van der Waals surface area contributed by atoms with Crippen molar-refractivity contribution in [2.45, 2.75) is 33.6 Å². The molecule has 0 spiro atoms. The van der Waals surface area contributed by atoms with Crippen molar-refractivity contribution in [3.8, 4) is 11.9 Å². The molecule has 0 aliphatic rings. The fourth-order valence-corrected chi connectivity index (χ4v) is 1.72. The van der Waals surface area contributed by atoms with Crippen molar-refractivity contribution in [2.24, 2.45) is 5.41 Å². The van der Waals surface area contributed by atoms with E-state index in [9.17, 15) is 10.1 Å². The van der Waals surface area contributed by atoms with Crippen LogP contribution in [0.4, 0.5) is 5.69 Å². The third-order valence-electron chi connectivity index (χ3n) is 3.14. The lowest BCUT2D eigenvalue weighted by atomic mass is 9.83. The Kier molecular flexibility index (Phi) is 5.31. The maximum atomic E-state index is 12.1. The first-order valence-corrected chi connectivity index (χ1v) is 6.43. The number of hydrogen-bond acceptors (Lipinski definition) is 4. The van der Waals surface area contributed by atoms with E-state index >= 15 is 0 Å². The van der Waals surface area contributed by atoms with Gasteiger partial charge in [0.2, 0.25) is 11.8 Å². The largest absolute Gasteiger partial charge is 0.478 e. The lowest BCUT2D eigenvalue weighted by Crippen LogP contribution is -2.33. The quantitative estimate of drug-likeness (QED) is 0.854. The van der Waals surface area contributed by atoms with Crippen LogP contribution in [0.3, 0.4) is 0 Å². The maximum absolute atomic E-state index is 12.1. The second kappa shape index (κ2) is 6.74. The van der Waals surface area contributed by atoms with Crippen LogP contribution in [0, 0.1) is 16.7 Å². The fraction of sp³-hybridized carbons (Fsp3) is 0.500. The van der Waals surface area contributed by atoms with Crippen LogP contribution in [-0.4, -0.2) is 17.5 Å². The second-order valence-electron chi connectivity index (χ2n) is 4.17. The molecule has 1 amide bonds. The van der Waals surface area contributed by atoms with Gasteiger partial charge in [0.1, 0.15) is 5.41 Å². The van der Waals surface area contributed by atoms with Gasteiger partial charge in [0.05, 0.1) is 24.6 Å². The summed E-state index contributed by atoms with van der Waals surface area (Å²) in [4.78, 5) is 16.2. The van der Waals surface area contributed by atoms with Crippen LogP contribution >= 0.6 is 0 Å². The van der Waals surface area contributed by atoms with Gasteiger partial charge in [0.15, 0.2) is 0 Å². The summed E-state index contributed by atoms with van der Waals surface area (Å²) in [5.74, 6) is 0.226. The lowest BCUT2D eigenvalue weighted by molar-refractivity contribution is -0.123. The third kappa shape index (κ3) is 3.44. The fourth-order valence-electron chi connectivity index (χ4n) is 1.72. The number of nitriles is 1. The number of aromatic nitrogens is 1. The number of carbonyl (C=O) groups is 1. The van der Waals surface area contributed by atoms with E-state index in [-0.39, 0.29) is 5.91 Å². The molecule has 0 aliphatic heterocycles. The first-order valence-electron chi connectivity index (χ1n) is 6.43. The molecule has 0 unspecified atom stereocenters. The standard InChI is InChI=1S/C14H19N3O2/c1-4-14(5-2,10-15)13(18)17-11-7-8-12(16-9-11)19-6-3/h7-9H,4-6H2,1-3H3,(H,17,18). The SMILES string of the molecule is CCOc1ccc(NC(=O)C(C#N)(CC)CC)cn1. The zero-order valence-corrected chi connectivity index (χ0v) is 11.6. The Morgan fingerprint density at radius 1 is 1.42 bits per heavy atom. The molecule has 0 aromatic carbocycles. The minimum atomic E-state index is -0.974. The van der Waals surface area contributed by atoms with Crippen molar-refractivity contribution in [3.05, 3.63) is 18.3 Å². The van der Waals surface area contributed by atoms with Crippen LogP contribution in [0.2, 0.25) is 0 Å². The molecule has 1 aromatic heterocycles. The van der Waals surface area contributed by atoms with Crippen LogP contribution in [0.5, 0.6) is 5.88 Å². The molecule has 0 atom stereocenters. The number of anilines is 1. The number of carbonyl (C=O) groups excluding carboxylic acids is 1. The van der Waals surface area contributed by atoms with Crippen LogP contribution in [-0.2, 0) is 4.79 Å². The highest BCUT2D eigenvalue weighted by atomic mass is 16.5. The van der Waals surface area contributed by atoms with E-state index in [4.69, 9.17) is 4.74 Å². The molecular weight excluding hydrogens is 242 g/mol. The number of amides is 1. The molecule has 1 rings (SSSR count). The van der Waals surface area contributed by atoms with E-state index in [2.05, 4.69) is 16.4 Å². The number of pyridine rings is 1. The Bertz CT molecular complexity index is 459. The highest BCUT2D eigenvalue weighted by Crippen LogP contribution is 2.27. The summed E-state index contributed by atoms with van der Waals surface area (Å²) in [6, 6.07) is 5.51. The first-order chi connectivity index (χ1) is 9.11. The molecule has 102 valence electrons. The number of rotatable bonds is 6. The van der Waals surface area contributed by atoms with E-state index < -0.39 is 5.41 Å². The first kappa shape index (κ1) is 15.0. The summed E-state index contributed by atoms with van der Waals surface area (Å²) >= 11 is 0. The molecule has 0 bridgehead atoms. The molecule has 5 heteroatoms. The minimum absolute atomic E-state index is 0.286. The lowest BCUT2D eigenvalue weighted by Gasteiger charge is -2.21. The van der Waals surface area contributed by atoms with Crippen LogP contribution in [0.15, 0.2) is 18.3 Å². The summed E-state index contributed by atoms with van der Waals surface area (Å²) in [7, 11) is 0. The van der Waals surface area contributed by atoms with Gasteiger partial charge in [-0.05, 0) is 25.8 Å². The summed E-state index contributed by atoms with van der Waals surface area (Å²) in [6.07, 6.45) is 2.49. The molecule has 5 nitrogen and oxygen atoms in total. The molecule has 0 saturated carbocycles. The molecule has 0 fully saturated rings. The summed E-state index contributed by atoms with van der Waals surface area (Å²) in [5, 5.41) is 11.9. The van der Waals surface area contributed by atoms with Crippen molar-refractivity contribution in [2.75, 3.05) is 11.9 Å². The summed E-state index contributed by atoms with van der Waals surface area (Å²) in [6.45, 7) is 6.09. The van der Waals surface area contributed by atoms with Gasteiger partial charge < -0.3 is 10.1 Å². The molecule has 19 heavy (non-hydrogen) atoms. The predicted molar refractivity (Wildman–Crippen MR) is 72.7 cm³/mol. The Hall–Kier alpha value is -2.09. The van der Waals surface area contributed by atoms with Crippen molar-refractivity contribution >= 4 is 11.6 Å². The average Bonchev–Trinajstić information content (AvgIpc) is 2.44. The molecule has 0 aliphatic carbocycles. The van der Waals surface area contributed by atoms with Gasteiger partial charge in [0, 0.05) is 6.07 Å². The van der Waals surface area contributed by atoms with Crippen molar-refractivity contribution in [1.82, 2.24) is 4.98 Å². The van der Waals surface area contributed by atoms with E-state index in [1.807, 2.05) is 20.8 Å². The van der Waals surface area contributed by atoms with E-state index in [0.29, 0.717) is 31.0 Å². The van der Waals surface area contributed by atoms with Crippen LogP contribution < -0.4 is 10.1 Å². The highest BCUT2D eigenvalue weighted by molar-refractivity contribution is 5.97. The number of ether oxygens (including phenoxy) is 1. The molecule has 1 heterocycles. The van der Waals surface area contributed by atoms with Gasteiger partial charge in [-0.1, -0.05) is 13.8 Å². The van der Waals surface area contributed by atoms with E-state index in [0.717, 1.165) is 0 Å². The van der Waals surface area contributed by atoms with E-state index in [1.165, 1.54) is 6.20 Å². The summed E-state index contributed by atoms with van der Waals surface area (Å²) in [5.41, 5.74) is -0.409. The van der Waals surface area contributed by atoms with Gasteiger partial charge in [-0.25, -0.2) is 4.98 Å². The summed E-state index contributed by atoms with van der Waals surface area (Å²) < 4.78 is 5.22. The second-order valence-corrected chi connectivity index (χ2v) is 4.17. The zero-order chi connectivity index (χ0) is 14.3. The van der Waals surface area contributed by atoms with Gasteiger partial charge in [-0.15, -0.1) is 0 Å². The highest BCUT2D eigenvalue weighted by Gasteiger charge is 2.34. The molecule has 1 N–H and O–H groups in total. The average molecular weight is 261 g/mol. The monoisotopic (exact) mass is 261 g/mol. The van der Waals surface area contributed by atoms with Gasteiger partial charge in [-0.3, -0.25) is 4.79 Å². The minimum Gasteiger partial charge on any atom is -0.478 e. The number of nitrogens with one attached hydrogen (secondary N) is 1. The Balaban J connectivity index is 2.79. The van der Waals surface area contributed by atoms with Crippen LogP contribution in [0.25, 0.3) is 0 Å². The van der Waals surface area contributed by atoms with E-state index in [1.54, 1.807) is 12.1 Å². The Labute approximate surface area is 113 Å². The number of hydrogen-bond donors (Lipinski definition) is 1. The normalized spacial score (nSPS) is 10.6. The topological polar surface area (TPSA) is 75.0 Å². The maximum Gasteiger partial charge on any atom is 0.244 e. The molecule has 0 radical (unpaired) electrons. The zero-order valence-electron chi connectivity index (χ0n) is 11.6. The predicted octanol–water partition coefficient (Wildman–Crippen LogP) is 2.75. The van der Waals surface area contributed by atoms with Gasteiger partial charge in [-0.2, -0.15) is 5.26 Å². The van der Waals surface area contributed by atoms with Gasteiger partial charge in [0.25, 0.3) is 0 Å². The van der Waals surface area contributed by atoms with Crippen LogP contribution in [0.1, 0.15) is 33.6 Å². The third-order valence-corrected chi connectivity index (χ3v) is 3.14. The van der Waals surface area contributed by atoms with Crippen molar-refractivity contribution in [3.63, 3.8) is 0 Å². The molecule has 1 aromatic rings. The molecule has 0 saturated heterocycles. The number of nitrogens with zero attached hydrogens (tertiary/aromatic N) is 2. The van der Waals surface area contributed by atoms with Crippen molar-refractivity contribution < 1.29 is 9.53 Å². The smallest absolute Gasteiger partial charge is 0.244 e. The molecular formula is C14H19N3O2.